The van der Waals surface area contributed by atoms with Crippen LogP contribution in [0.3, 0.4) is 0 Å². The average Bonchev–Trinajstić information content (AvgIpc) is 2.39. The quantitative estimate of drug-likeness (QED) is 0.886. The molecule has 6 heteroatoms. The summed E-state index contributed by atoms with van der Waals surface area (Å²) in [4.78, 5) is 4.24. The van der Waals surface area contributed by atoms with Crippen LogP contribution in [0.25, 0.3) is 10.9 Å². The van der Waals surface area contributed by atoms with E-state index >= 15 is 0 Å². The first-order valence-corrected chi connectivity index (χ1v) is 7.53. The highest BCUT2D eigenvalue weighted by Crippen LogP contribution is 2.19. The molecule has 0 radical (unpaired) electrons. The molecule has 0 bridgehead atoms. The first-order valence-electron chi connectivity index (χ1n) is 5.92. The third-order valence-electron chi connectivity index (χ3n) is 2.94. The number of para-hydroxylation sites is 1. The maximum absolute atomic E-state index is 12.1. The molecule has 0 atom stereocenters. The Morgan fingerprint density at radius 1 is 1.26 bits per heavy atom. The van der Waals surface area contributed by atoms with Gasteiger partial charge in [0, 0.05) is 25.2 Å². The second-order valence-electron chi connectivity index (χ2n) is 4.29. The van der Waals surface area contributed by atoms with E-state index in [2.05, 4.69) is 4.98 Å². The molecule has 0 saturated heterocycles. The van der Waals surface area contributed by atoms with Gasteiger partial charge in [0.2, 0.25) is 10.0 Å². The lowest BCUT2D eigenvalue weighted by Gasteiger charge is -2.16. The van der Waals surface area contributed by atoms with Crippen molar-refractivity contribution in [2.24, 2.45) is 0 Å². The highest BCUT2D eigenvalue weighted by Gasteiger charge is 2.19. The number of aliphatic hydroxyl groups excluding tert-OH is 1. The van der Waals surface area contributed by atoms with E-state index in [9.17, 15) is 8.42 Å². The minimum absolute atomic E-state index is 0.0977. The maximum Gasteiger partial charge on any atom is 0.218 e. The van der Waals surface area contributed by atoms with E-state index in [1.54, 1.807) is 12.3 Å². The lowest BCUT2D eigenvalue weighted by Crippen LogP contribution is -2.30. The zero-order chi connectivity index (χ0) is 13.9. The summed E-state index contributed by atoms with van der Waals surface area (Å²) in [6.45, 7) is -0.0932. The summed E-state index contributed by atoms with van der Waals surface area (Å²) in [5.74, 6) is -0.113. The van der Waals surface area contributed by atoms with E-state index in [1.165, 1.54) is 7.05 Å². The molecule has 19 heavy (non-hydrogen) atoms. The van der Waals surface area contributed by atoms with Crippen molar-refractivity contribution in [1.29, 1.82) is 0 Å². The van der Waals surface area contributed by atoms with E-state index in [4.69, 9.17) is 5.11 Å². The fourth-order valence-electron chi connectivity index (χ4n) is 1.87. The lowest BCUT2D eigenvalue weighted by molar-refractivity contribution is 0.266. The zero-order valence-corrected chi connectivity index (χ0v) is 11.5. The van der Waals surface area contributed by atoms with Crippen molar-refractivity contribution < 1.29 is 13.5 Å². The molecular weight excluding hydrogens is 264 g/mol. The average molecular weight is 280 g/mol. The Morgan fingerprint density at radius 3 is 2.74 bits per heavy atom. The molecule has 1 aromatic heterocycles. The third kappa shape index (κ3) is 3.09. The Bertz CT molecular complexity index is 665. The second-order valence-corrected chi connectivity index (χ2v) is 6.37. The monoisotopic (exact) mass is 280 g/mol. The number of sulfonamides is 1. The van der Waals surface area contributed by atoms with Gasteiger partial charge in [-0.3, -0.25) is 4.98 Å². The normalized spacial score (nSPS) is 12.2. The number of nitrogens with zero attached hydrogens (tertiary/aromatic N) is 2. The highest BCUT2D eigenvalue weighted by molar-refractivity contribution is 7.88. The predicted molar refractivity (Wildman–Crippen MR) is 74.1 cm³/mol. The summed E-state index contributed by atoms with van der Waals surface area (Å²) in [6, 6.07) is 9.20. The Labute approximate surface area is 112 Å². The van der Waals surface area contributed by atoms with Crippen LogP contribution in [-0.4, -0.2) is 43.0 Å². The molecular formula is C13H16N2O3S. The predicted octanol–water partition coefficient (Wildman–Crippen LogP) is 0.989. The van der Waals surface area contributed by atoms with Crippen molar-refractivity contribution in [3.05, 3.63) is 42.1 Å². The number of hydrogen-bond acceptors (Lipinski definition) is 4. The number of fused-ring (bicyclic) bond motifs is 1. The molecule has 1 heterocycles. The first kappa shape index (κ1) is 13.9. The summed E-state index contributed by atoms with van der Waals surface area (Å²) in [5.41, 5.74) is 1.37. The molecule has 102 valence electrons. The van der Waals surface area contributed by atoms with Gasteiger partial charge in [0.15, 0.2) is 0 Å². The molecule has 0 amide bonds. The number of aliphatic hydroxyl groups is 1. The molecule has 0 unspecified atom stereocenters. The van der Waals surface area contributed by atoms with Crippen molar-refractivity contribution in [2.75, 3.05) is 20.2 Å². The molecule has 2 aromatic rings. The Hall–Kier alpha value is -1.50. The molecule has 0 aliphatic carbocycles. The minimum atomic E-state index is -3.43. The zero-order valence-electron chi connectivity index (χ0n) is 10.7. The fourth-order valence-corrected chi connectivity index (χ4v) is 3.08. The molecule has 0 spiro atoms. The number of rotatable bonds is 5. The topological polar surface area (TPSA) is 70.5 Å². The van der Waals surface area contributed by atoms with Crippen LogP contribution in [0.4, 0.5) is 0 Å². The third-order valence-corrected chi connectivity index (χ3v) is 4.75. The van der Waals surface area contributed by atoms with Gasteiger partial charge in [-0.2, -0.15) is 0 Å². The summed E-state index contributed by atoms with van der Waals surface area (Å²) in [6.07, 6.45) is 1.65. The van der Waals surface area contributed by atoms with E-state index in [0.29, 0.717) is 11.1 Å². The van der Waals surface area contributed by atoms with Crippen LogP contribution >= 0.6 is 0 Å². The van der Waals surface area contributed by atoms with Gasteiger partial charge in [-0.05, 0) is 11.6 Å². The summed E-state index contributed by atoms with van der Waals surface area (Å²) >= 11 is 0. The highest BCUT2D eigenvalue weighted by atomic mass is 32.2. The number of benzene rings is 1. The second kappa shape index (κ2) is 5.64. The fraction of sp³-hybridized carbons (Fsp3) is 0.308. The molecule has 1 N–H and O–H groups in total. The van der Waals surface area contributed by atoms with Crippen LogP contribution in [0.1, 0.15) is 5.56 Å². The standard InChI is InChI=1S/C13H16N2O3S/c1-15(8-9-16)19(17,18)10-12-5-2-4-11-6-3-7-14-13(11)12/h2-7,16H,8-10H2,1H3. The smallest absolute Gasteiger partial charge is 0.218 e. The van der Waals surface area contributed by atoms with Gasteiger partial charge in [-0.15, -0.1) is 0 Å². The van der Waals surface area contributed by atoms with Crippen molar-refractivity contribution >= 4 is 20.9 Å². The summed E-state index contributed by atoms with van der Waals surface area (Å²) < 4.78 is 25.4. The Morgan fingerprint density at radius 2 is 2.00 bits per heavy atom. The molecule has 1 aromatic carbocycles. The van der Waals surface area contributed by atoms with Gasteiger partial charge in [0.1, 0.15) is 0 Å². The SMILES string of the molecule is CN(CCO)S(=O)(=O)Cc1cccc2cccnc12. The minimum Gasteiger partial charge on any atom is -0.395 e. The Kier molecular flexibility index (Phi) is 4.14. The number of likely N-dealkylation sites (N-methyl/N-ethyl adjacent to an activating group) is 1. The number of aromatic nitrogens is 1. The Balaban J connectivity index is 2.36. The van der Waals surface area contributed by atoms with Crippen molar-refractivity contribution in [3.8, 4) is 0 Å². The van der Waals surface area contributed by atoms with Gasteiger partial charge < -0.3 is 5.11 Å². The largest absolute Gasteiger partial charge is 0.395 e. The molecule has 0 fully saturated rings. The van der Waals surface area contributed by atoms with Crippen LogP contribution in [0.5, 0.6) is 0 Å². The van der Waals surface area contributed by atoms with Crippen LogP contribution in [0.2, 0.25) is 0 Å². The van der Waals surface area contributed by atoms with Crippen molar-refractivity contribution in [2.45, 2.75) is 5.75 Å². The van der Waals surface area contributed by atoms with Crippen LogP contribution in [0.15, 0.2) is 36.5 Å². The van der Waals surface area contributed by atoms with Gasteiger partial charge in [-0.25, -0.2) is 12.7 Å². The van der Waals surface area contributed by atoms with Crippen LogP contribution in [0, 0.1) is 0 Å². The molecule has 0 saturated carbocycles. The van der Waals surface area contributed by atoms with Gasteiger partial charge >= 0.3 is 0 Å². The number of pyridine rings is 1. The van der Waals surface area contributed by atoms with E-state index in [0.717, 1.165) is 9.69 Å². The lowest BCUT2D eigenvalue weighted by atomic mass is 10.1. The number of hydrogen-bond donors (Lipinski definition) is 1. The molecule has 0 aliphatic heterocycles. The maximum atomic E-state index is 12.1. The summed E-state index contributed by atoms with van der Waals surface area (Å²) in [5, 5.41) is 9.74. The van der Waals surface area contributed by atoms with Crippen LogP contribution < -0.4 is 0 Å². The van der Waals surface area contributed by atoms with E-state index in [1.807, 2.05) is 24.3 Å². The molecule has 5 nitrogen and oxygen atoms in total. The first-order chi connectivity index (χ1) is 9.04. The van der Waals surface area contributed by atoms with Crippen molar-refractivity contribution in [1.82, 2.24) is 9.29 Å². The van der Waals surface area contributed by atoms with Gasteiger partial charge in [-0.1, -0.05) is 24.3 Å². The van der Waals surface area contributed by atoms with Gasteiger partial charge in [0.05, 0.1) is 17.9 Å². The molecule has 0 aliphatic rings. The van der Waals surface area contributed by atoms with E-state index in [-0.39, 0.29) is 18.9 Å². The van der Waals surface area contributed by atoms with Gasteiger partial charge in [0.25, 0.3) is 0 Å². The molecule has 2 rings (SSSR count). The van der Waals surface area contributed by atoms with Crippen molar-refractivity contribution in [3.63, 3.8) is 0 Å². The van der Waals surface area contributed by atoms with Crippen LogP contribution in [-0.2, 0) is 15.8 Å². The van der Waals surface area contributed by atoms with E-state index < -0.39 is 10.0 Å². The summed E-state index contributed by atoms with van der Waals surface area (Å²) in [7, 11) is -1.97.